The summed E-state index contributed by atoms with van der Waals surface area (Å²) in [4.78, 5) is 2.01. The molecule has 23 heavy (non-hydrogen) atoms. The van der Waals surface area contributed by atoms with Crippen LogP contribution in [-0.4, -0.2) is 56.6 Å². The summed E-state index contributed by atoms with van der Waals surface area (Å²) in [6.45, 7) is 2.50. The van der Waals surface area contributed by atoms with E-state index in [4.69, 9.17) is 0 Å². The normalized spacial score (nSPS) is 17.6. The van der Waals surface area contributed by atoms with E-state index in [1.54, 1.807) is 0 Å². The Labute approximate surface area is 133 Å². The van der Waals surface area contributed by atoms with Crippen molar-refractivity contribution in [3.63, 3.8) is 0 Å². The summed E-state index contributed by atoms with van der Waals surface area (Å²) >= 11 is 0. The fourth-order valence-electron chi connectivity index (χ4n) is 2.22. The van der Waals surface area contributed by atoms with Crippen molar-refractivity contribution in [1.82, 2.24) is 9.21 Å². The van der Waals surface area contributed by atoms with Gasteiger partial charge in [-0.1, -0.05) is 11.8 Å². The molecule has 0 amide bonds. The van der Waals surface area contributed by atoms with Crippen LogP contribution >= 0.6 is 0 Å². The summed E-state index contributed by atoms with van der Waals surface area (Å²) in [5.41, 5.74) is -0.173. The molecule has 0 saturated carbocycles. The zero-order chi connectivity index (χ0) is 17.1. The van der Waals surface area contributed by atoms with Gasteiger partial charge in [-0.3, -0.25) is 4.90 Å². The predicted octanol–water partition coefficient (Wildman–Crippen LogP) is 1.63. The molecule has 0 bridgehead atoms. The molecular formula is C15H17F3N2O2S. The largest absolute Gasteiger partial charge is 0.416 e. The maximum Gasteiger partial charge on any atom is 0.416 e. The Kier molecular flexibility index (Phi) is 5.34. The number of benzene rings is 1. The first-order chi connectivity index (χ1) is 10.7. The second kappa shape index (κ2) is 6.91. The highest BCUT2D eigenvalue weighted by atomic mass is 32.2. The minimum Gasteiger partial charge on any atom is -0.290 e. The van der Waals surface area contributed by atoms with Crippen LogP contribution in [0.15, 0.2) is 24.3 Å². The van der Waals surface area contributed by atoms with Crippen LogP contribution < -0.4 is 0 Å². The number of piperazine rings is 1. The van der Waals surface area contributed by atoms with Crippen LogP contribution in [0.3, 0.4) is 0 Å². The Morgan fingerprint density at radius 3 is 2.13 bits per heavy atom. The highest BCUT2D eigenvalue weighted by Gasteiger charge is 2.29. The van der Waals surface area contributed by atoms with E-state index >= 15 is 0 Å². The average Bonchev–Trinajstić information content (AvgIpc) is 2.46. The van der Waals surface area contributed by atoms with E-state index in [2.05, 4.69) is 11.8 Å². The van der Waals surface area contributed by atoms with Crippen LogP contribution in [-0.2, 0) is 16.2 Å². The second-order valence-electron chi connectivity index (χ2n) is 5.32. The van der Waals surface area contributed by atoms with E-state index in [0.29, 0.717) is 38.3 Å². The van der Waals surface area contributed by atoms with Gasteiger partial charge in [0.2, 0.25) is 10.0 Å². The Balaban J connectivity index is 1.87. The van der Waals surface area contributed by atoms with Gasteiger partial charge in [0, 0.05) is 31.7 Å². The fraction of sp³-hybridized carbons (Fsp3) is 0.467. The first kappa shape index (κ1) is 17.8. The first-order valence-corrected chi connectivity index (χ1v) is 8.85. The molecule has 0 atom stereocenters. The molecule has 1 aliphatic heterocycles. The molecule has 2 rings (SSSR count). The topological polar surface area (TPSA) is 40.6 Å². The van der Waals surface area contributed by atoms with Gasteiger partial charge in [-0.05, 0) is 24.3 Å². The molecule has 8 heteroatoms. The standard InChI is InChI=1S/C15H17F3N2O2S/c1-23(21,22)20-11-9-19(10-12-20)8-2-3-13-4-6-14(7-5-13)15(16,17)18/h4-7H,8-12H2,1H3. The average molecular weight is 346 g/mol. The Hall–Kier alpha value is -1.56. The van der Waals surface area contributed by atoms with Gasteiger partial charge in [0.15, 0.2) is 0 Å². The van der Waals surface area contributed by atoms with Gasteiger partial charge in [-0.2, -0.15) is 17.5 Å². The first-order valence-electron chi connectivity index (χ1n) is 7.00. The minimum absolute atomic E-state index is 0.431. The third kappa shape index (κ3) is 5.23. The molecule has 0 aliphatic carbocycles. The van der Waals surface area contributed by atoms with Crippen molar-refractivity contribution in [2.75, 3.05) is 39.0 Å². The molecule has 1 fully saturated rings. The lowest BCUT2D eigenvalue weighted by atomic mass is 10.1. The van der Waals surface area contributed by atoms with Gasteiger partial charge in [0.25, 0.3) is 0 Å². The number of hydrogen-bond acceptors (Lipinski definition) is 3. The van der Waals surface area contributed by atoms with Crippen molar-refractivity contribution in [1.29, 1.82) is 0 Å². The molecule has 1 saturated heterocycles. The molecule has 1 aromatic carbocycles. The molecular weight excluding hydrogens is 329 g/mol. The zero-order valence-corrected chi connectivity index (χ0v) is 13.4. The van der Waals surface area contributed by atoms with Gasteiger partial charge >= 0.3 is 6.18 Å². The zero-order valence-electron chi connectivity index (χ0n) is 12.6. The molecule has 0 unspecified atom stereocenters. The molecule has 0 radical (unpaired) electrons. The van der Waals surface area contributed by atoms with Gasteiger partial charge in [0.1, 0.15) is 0 Å². The lowest BCUT2D eigenvalue weighted by Crippen LogP contribution is -2.48. The molecule has 1 aliphatic rings. The maximum absolute atomic E-state index is 12.4. The highest BCUT2D eigenvalue weighted by Crippen LogP contribution is 2.28. The highest BCUT2D eigenvalue weighted by molar-refractivity contribution is 7.88. The lowest BCUT2D eigenvalue weighted by molar-refractivity contribution is -0.137. The van der Waals surface area contributed by atoms with Crippen LogP contribution in [0.25, 0.3) is 0 Å². The maximum atomic E-state index is 12.4. The fourth-order valence-corrected chi connectivity index (χ4v) is 3.04. The van der Waals surface area contributed by atoms with Gasteiger partial charge in [-0.25, -0.2) is 8.42 Å². The minimum atomic E-state index is -4.34. The number of rotatable bonds is 2. The van der Waals surface area contributed by atoms with Gasteiger partial charge < -0.3 is 0 Å². The smallest absolute Gasteiger partial charge is 0.290 e. The quantitative estimate of drug-likeness (QED) is 0.765. The second-order valence-corrected chi connectivity index (χ2v) is 7.30. The summed E-state index contributed by atoms with van der Waals surface area (Å²) in [5, 5.41) is 0. The predicted molar refractivity (Wildman–Crippen MR) is 81.2 cm³/mol. The van der Waals surface area contributed by atoms with Crippen molar-refractivity contribution in [3.8, 4) is 11.8 Å². The van der Waals surface area contributed by atoms with Gasteiger partial charge in [-0.15, -0.1) is 0 Å². The van der Waals surface area contributed by atoms with Crippen molar-refractivity contribution < 1.29 is 21.6 Å². The van der Waals surface area contributed by atoms with E-state index in [0.717, 1.165) is 12.1 Å². The SMILES string of the molecule is CS(=O)(=O)N1CCN(CC#Cc2ccc(C(F)(F)F)cc2)CC1. The summed E-state index contributed by atoms with van der Waals surface area (Å²) in [5.74, 6) is 5.73. The van der Waals surface area contributed by atoms with Crippen LogP contribution in [0.4, 0.5) is 13.2 Å². The third-order valence-electron chi connectivity index (χ3n) is 3.55. The summed E-state index contributed by atoms with van der Waals surface area (Å²) in [6, 6.07) is 4.71. The Morgan fingerprint density at radius 1 is 1.09 bits per heavy atom. The van der Waals surface area contributed by atoms with Crippen LogP contribution in [0.2, 0.25) is 0 Å². The van der Waals surface area contributed by atoms with E-state index in [-0.39, 0.29) is 0 Å². The van der Waals surface area contributed by atoms with Crippen LogP contribution in [0.5, 0.6) is 0 Å². The molecule has 0 spiro atoms. The summed E-state index contributed by atoms with van der Waals surface area (Å²) < 4.78 is 61.5. The molecule has 0 N–H and O–H groups in total. The van der Waals surface area contributed by atoms with Gasteiger partial charge in [0.05, 0.1) is 18.4 Å². The molecule has 4 nitrogen and oxygen atoms in total. The lowest BCUT2D eigenvalue weighted by Gasteiger charge is -2.31. The number of halogens is 3. The van der Waals surface area contributed by atoms with Crippen molar-refractivity contribution in [3.05, 3.63) is 35.4 Å². The number of alkyl halides is 3. The molecule has 1 heterocycles. The number of sulfonamides is 1. The summed E-state index contributed by atoms with van der Waals surface area (Å²) in [6.07, 6.45) is -3.15. The van der Waals surface area contributed by atoms with E-state index in [1.807, 2.05) is 4.90 Å². The van der Waals surface area contributed by atoms with Crippen molar-refractivity contribution >= 4 is 10.0 Å². The molecule has 1 aromatic rings. The number of hydrogen-bond donors (Lipinski definition) is 0. The summed E-state index contributed by atoms with van der Waals surface area (Å²) in [7, 11) is -3.15. The van der Waals surface area contributed by atoms with E-state index in [9.17, 15) is 21.6 Å². The molecule has 126 valence electrons. The molecule has 0 aromatic heterocycles. The van der Waals surface area contributed by atoms with Crippen molar-refractivity contribution in [2.24, 2.45) is 0 Å². The van der Waals surface area contributed by atoms with Crippen LogP contribution in [0, 0.1) is 11.8 Å². The Morgan fingerprint density at radius 2 is 1.65 bits per heavy atom. The van der Waals surface area contributed by atoms with E-state index in [1.165, 1.54) is 22.7 Å². The monoisotopic (exact) mass is 346 g/mol. The van der Waals surface area contributed by atoms with Crippen LogP contribution in [0.1, 0.15) is 11.1 Å². The van der Waals surface area contributed by atoms with Crippen molar-refractivity contribution in [2.45, 2.75) is 6.18 Å². The number of nitrogens with zero attached hydrogens (tertiary/aromatic N) is 2. The Bertz CT molecular complexity index is 695. The van der Waals surface area contributed by atoms with E-state index < -0.39 is 21.8 Å². The third-order valence-corrected chi connectivity index (χ3v) is 4.85.